The van der Waals surface area contributed by atoms with Gasteiger partial charge in [0.1, 0.15) is 6.33 Å². The first kappa shape index (κ1) is 17.4. The number of aromatic nitrogens is 3. The first-order valence-corrected chi connectivity index (χ1v) is 8.09. The molecule has 0 saturated heterocycles. The lowest BCUT2D eigenvalue weighted by Crippen LogP contribution is -2.49. The number of nitrogens with zero attached hydrogens (tertiary/aromatic N) is 3. The van der Waals surface area contributed by atoms with Crippen molar-refractivity contribution in [2.45, 2.75) is 40.2 Å². The molecule has 2 aromatic rings. The maximum atomic E-state index is 12.0. The second-order valence-electron chi connectivity index (χ2n) is 6.18. The molecule has 0 aliphatic rings. The van der Waals surface area contributed by atoms with Crippen LogP contribution in [0.5, 0.6) is 0 Å². The Hall–Kier alpha value is -1.99. The van der Waals surface area contributed by atoms with Crippen molar-refractivity contribution < 1.29 is 4.79 Å². The van der Waals surface area contributed by atoms with Crippen LogP contribution in [0.15, 0.2) is 24.7 Å². The Morgan fingerprint density at radius 1 is 1.35 bits per heavy atom. The van der Waals surface area contributed by atoms with E-state index in [9.17, 15) is 4.79 Å². The van der Waals surface area contributed by atoms with Gasteiger partial charge in [0.2, 0.25) is 5.91 Å². The van der Waals surface area contributed by atoms with Gasteiger partial charge in [0, 0.05) is 24.0 Å². The predicted molar refractivity (Wildman–Crippen MR) is 90.8 cm³/mol. The minimum Gasteiger partial charge on any atom is -0.325 e. The van der Waals surface area contributed by atoms with E-state index in [0.717, 1.165) is 6.42 Å². The first-order chi connectivity index (χ1) is 11.0. The Morgan fingerprint density at radius 3 is 2.83 bits per heavy atom. The van der Waals surface area contributed by atoms with Crippen molar-refractivity contribution >= 4 is 17.2 Å². The van der Waals surface area contributed by atoms with E-state index < -0.39 is 0 Å². The number of pyridine rings is 1. The summed E-state index contributed by atoms with van der Waals surface area (Å²) in [6.45, 7) is 8.96. The molecule has 1 amide bonds. The zero-order valence-electron chi connectivity index (χ0n) is 14.2. The molecule has 0 radical (unpaired) electrons. The molecule has 23 heavy (non-hydrogen) atoms. The van der Waals surface area contributed by atoms with E-state index >= 15 is 0 Å². The number of hydrazine groups is 1. The number of amides is 1. The number of hydrogen-bond acceptors (Lipinski definition) is 5. The van der Waals surface area contributed by atoms with Crippen LogP contribution in [-0.4, -0.2) is 33.1 Å². The first-order valence-electron chi connectivity index (χ1n) is 8.09. The van der Waals surface area contributed by atoms with Crippen molar-refractivity contribution in [1.29, 1.82) is 0 Å². The fraction of sp³-hybridized carbons (Fsp3) is 0.562. The van der Waals surface area contributed by atoms with Crippen LogP contribution < -0.4 is 16.2 Å². The van der Waals surface area contributed by atoms with Crippen molar-refractivity contribution in [2.24, 2.45) is 11.8 Å². The summed E-state index contributed by atoms with van der Waals surface area (Å²) in [4.78, 5) is 16.1. The van der Waals surface area contributed by atoms with Gasteiger partial charge >= 0.3 is 0 Å². The molecule has 0 fully saturated rings. The van der Waals surface area contributed by atoms with Gasteiger partial charge in [-0.25, -0.2) is 14.9 Å². The van der Waals surface area contributed by atoms with Crippen molar-refractivity contribution in [3.8, 4) is 0 Å². The summed E-state index contributed by atoms with van der Waals surface area (Å²) in [5.74, 6) is 0.935. The van der Waals surface area contributed by atoms with E-state index in [1.54, 1.807) is 22.8 Å². The number of rotatable bonds is 8. The molecule has 126 valence electrons. The zero-order valence-corrected chi connectivity index (χ0v) is 14.2. The van der Waals surface area contributed by atoms with Gasteiger partial charge in [-0.05, 0) is 17.9 Å². The fourth-order valence-corrected chi connectivity index (χ4v) is 2.57. The van der Waals surface area contributed by atoms with E-state index in [1.165, 1.54) is 6.33 Å². The molecule has 2 heterocycles. The molecule has 2 aromatic heterocycles. The van der Waals surface area contributed by atoms with E-state index in [2.05, 4.69) is 53.9 Å². The molecule has 0 saturated carbocycles. The lowest BCUT2D eigenvalue weighted by Gasteiger charge is -2.28. The molecule has 2 atom stereocenters. The normalized spacial score (nSPS) is 14.1. The number of hydrogen-bond donors (Lipinski definition) is 3. The number of anilines is 1. The third-order valence-corrected chi connectivity index (χ3v) is 4.06. The van der Waals surface area contributed by atoms with Crippen molar-refractivity contribution in [3.05, 3.63) is 24.7 Å². The Labute approximate surface area is 136 Å². The van der Waals surface area contributed by atoms with Crippen LogP contribution in [-0.2, 0) is 4.79 Å². The molecule has 7 heteroatoms. The van der Waals surface area contributed by atoms with E-state index in [1.807, 2.05) is 0 Å². The minimum atomic E-state index is -0.104. The summed E-state index contributed by atoms with van der Waals surface area (Å²) in [7, 11) is 0. The van der Waals surface area contributed by atoms with Gasteiger partial charge in [-0.2, -0.15) is 5.10 Å². The average Bonchev–Trinajstić information content (AvgIpc) is 2.98. The average molecular weight is 318 g/mol. The predicted octanol–water partition coefficient (Wildman–Crippen LogP) is 1.83. The summed E-state index contributed by atoms with van der Waals surface area (Å²) in [6, 6.07) is 3.91. The van der Waals surface area contributed by atoms with Crippen LogP contribution in [0.25, 0.3) is 5.65 Å². The molecule has 0 bridgehead atoms. The van der Waals surface area contributed by atoms with Crippen molar-refractivity contribution in [1.82, 2.24) is 25.4 Å². The number of carbonyl (C=O) groups is 1. The van der Waals surface area contributed by atoms with Gasteiger partial charge in [0.15, 0.2) is 5.65 Å². The highest BCUT2D eigenvalue weighted by atomic mass is 16.2. The maximum absolute atomic E-state index is 12.0. The Bertz CT molecular complexity index is 638. The molecule has 0 aliphatic heterocycles. The van der Waals surface area contributed by atoms with Crippen LogP contribution in [0, 0.1) is 11.8 Å². The maximum Gasteiger partial charge on any atom is 0.239 e. The third kappa shape index (κ3) is 4.74. The summed E-state index contributed by atoms with van der Waals surface area (Å²) in [5.41, 5.74) is 7.72. The molecule has 1 unspecified atom stereocenters. The summed E-state index contributed by atoms with van der Waals surface area (Å²) >= 11 is 0. The highest BCUT2D eigenvalue weighted by molar-refractivity contribution is 5.92. The van der Waals surface area contributed by atoms with Gasteiger partial charge in [0.25, 0.3) is 0 Å². The molecule has 0 aromatic carbocycles. The van der Waals surface area contributed by atoms with E-state index in [-0.39, 0.29) is 12.5 Å². The second-order valence-corrected chi connectivity index (χ2v) is 6.18. The van der Waals surface area contributed by atoms with Gasteiger partial charge in [-0.15, -0.1) is 0 Å². The van der Waals surface area contributed by atoms with Gasteiger partial charge in [-0.3, -0.25) is 10.2 Å². The minimum absolute atomic E-state index is 0.104. The molecular formula is C16H26N6O. The van der Waals surface area contributed by atoms with Crippen LogP contribution in [0.1, 0.15) is 34.1 Å². The summed E-state index contributed by atoms with van der Waals surface area (Å²) in [5, 5.41) is 6.87. The SMILES string of the molecule is CCC(C)[C@H](NNCC(=O)Nc1ccn2ncnc2c1)C(C)C. The largest absolute Gasteiger partial charge is 0.325 e. The molecule has 0 aliphatic carbocycles. The summed E-state index contributed by atoms with van der Waals surface area (Å²) in [6.07, 6.45) is 4.34. The van der Waals surface area contributed by atoms with Crippen molar-refractivity contribution in [2.75, 3.05) is 11.9 Å². The second kappa shape index (κ2) is 8.03. The smallest absolute Gasteiger partial charge is 0.239 e. The van der Waals surface area contributed by atoms with Crippen LogP contribution in [0.3, 0.4) is 0 Å². The Morgan fingerprint density at radius 2 is 2.13 bits per heavy atom. The third-order valence-electron chi connectivity index (χ3n) is 4.06. The number of carbonyl (C=O) groups excluding carboxylic acids is 1. The van der Waals surface area contributed by atoms with Crippen LogP contribution in [0.2, 0.25) is 0 Å². The van der Waals surface area contributed by atoms with Crippen LogP contribution in [0.4, 0.5) is 5.69 Å². The highest BCUT2D eigenvalue weighted by Gasteiger charge is 2.19. The fourth-order valence-electron chi connectivity index (χ4n) is 2.57. The van der Waals surface area contributed by atoms with Gasteiger partial charge < -0.3 is 5.32 Å². The lowest BCUT2D eigenvalue weighted by atomic mass is 9.91. The van der Waals surface area contributed by atoms with E-state index in [0.29, 0.717) is 29.2 Å². The van der Waals surface area contributed by atoms with Crippen molar-refractivity contribution in [3.63, 3.8) is 0 Å². The molecule has 0 spiro atoms. The molecular weight excluding hydrogens is 292 g/mol. The van der Waals surface area contributed by atoms with Crippen LogP contribution >= 0.6 is 0 Å². The van der Waals surface area contributed by atoms with E-state index in [4.69, 9.17) is 0 Å². The van der Waals surface area contributed by atoms with Gasteiger partial charge in [-0.1, -0.05) is 34.1 Å². The molecule has 3 N–H and O–H groups in total. The Balaban J connectivity index is 1.82. The molecule has 7 nitrogen and oxygen atoms in total. The topological polar surface area (TPSA) is 83.3 Å². The highest BCUT2D eigenvalue weighted by Crippen LogP contribution is 2.14. The quantitative estimate of drug-likeness (QED) is 0.647. The monoisotopic (exact) mass is 318 g/mol. The Kier molecular flexibility index (Phi) is 6.06. The lowest BCUT2D eigenvalue weighted by molar-refractivity contribution is -0.115. The number of nitrogens with one attached hydrogen (secondary N) is 3. The molecule has 2 rings (SSSR count). The summed E-state index contributed by atoms with van der Waals surface area (Å²) < 4.78 is 1.65. The standard InChI is InChI=1S/C16H26N6O/c1-5-12(4)16(11(2)3)21-18-9-15(23)20-13-6-7-22-14(8-13)17-10-19-22/h6-8,10-12,16,18,21H,5,9H2,1-4H3,(H,20,23)/t12?,16-/m1/s1. The number of fused-ring (bicyclic) bond motifs is 1. The van der Waals surface area contributed by atoms with Gasteiger partial charge in [0.05, 0.1) is 6.54 Å². The zero-order chi connectivity index (χ0) is 16.8.